The largest absolute Gasteiger partial charge is 0.507 e. The molecule has 444 valence electrons. The van der Waals surface area contributed by atoms with E-state index in [1.165, 1.54) is 149 Å². The molecule has 7 aliphatic rings. The third kappa shape index (κ3) is 12.4. The second-order valence-corrected chi connectivity index (χ2v) is 28.2. The summed E-state index contributed by atoms with van der Waals surface area (Å²) in [5, 5.41) is 77.4. The molecular formula is C78H96O6. The summed E-state index contributed by atoms with van der Waals surface area (Å²) < 4.78 is 0. The van der Waals surface area contributed by atoms with E-state index in [9.17, 15) is 30.6 Å². The summed E-state index contributed by atoms with van der Waals surface area (Å²) in [7, 11) is 0. The van der Waals surface area contributed by atoms with Gasteiger partial charge in [-0.3, -0.25) is 0 Å². The van der Waals surface area contributed by atoms with Crippen LogP contribution in [0.5, 0.6) is 34.5 Å². The number of phenolic OH excluding ortho intramolecular Hbond substituents is 6. The predicted molar refractivity (Wildman–Crippen MR) is 340 cm³/mol. The lowest BCUT2D eigenvalue weighted by Crippen LogP contribution is -2.10. The summed E-state index contributed by atoms with van der Waals surface area (Å²) in [5.41, 5.74) is 17.1. The molecule has 0 aliphatic heterocycles. The monoisotopic (exact) mass is 1130 g/mol. The first-order valence-corrected chi connectivity index (χ1v) is 34.1. The van der Waals surface area contributed by atoms with Crippen molar-refractivity contribution >= 4 is 0 Å². The lowest BCUT2D eigenvalue weighted by molar-refractivity contribution is 0.434. The van der Waals surface area contributed by atoms with Crippen molar-refractivity contribution in [2.75, 3.05) is 0 Å². The Morgan fingerprint density at radius 3 is 0.381 bits per heavy atom. The third-order valence-corrected chi connectivity index (χ3v) is 22.5. The highest BCUT2D eigenvalue weighted by Crippen LogP contribution is 2.48. The summed E-state index contributed by atoms with van der Waals surface area (Å²) in [6.45, 7) is 0. The zero-order valence-corrected chi connectivity index (χ0v) is 50.5. The van der Waals surface area contributed by atoms with Gasteiger partial charge in [0.2, 0.25) is 0 Å². The molecule has 6 saturated carbocycles. The third-order valence-electron chi connectivity index (χ3n) is 22.5. The van der Waals surface area contributed by atoms with E-state index in [1.807, 2.05) is 0 Å². The predicted octanol–water partition coefficient (Wildman–Crippen LogP) is 20.1. The van der Waals surface area contributed by atoms with E-state index in [-0.39, 0.29) is 34.5 Å². The SMILES string of the molecule is Oc1c2cc(C3CCCCC3)cc1Cc1cc(C3CCCCC3)cc(c1O)Cc1cc(C3CCCCC3)cc(c1O)Cc1cc(C3CCCCC3)cc(c1O)Cc1cc(C3CCCCC3)cc(c1O)Cc1cc(C3CCCCC3)cc(c1O)C2. The Morgan fingerprint density at radius 1 is 0.167 bits per heavy atom. The Kier molecular flexibility index (Phi) is 17.4. The molecule has 0 heterocycles. The van der Waals surface area contributed by atoms with Crippen LogP contribution in [0.3, 0.4) is 0 Å². The fourth-order valence-electron chi connectivity index (χ4n) is 17.6. The van der Waals surface area contributed by atoms with Gasteiger partial charge in [0.1, 0.15) is 34.5 Å². The van der Waals surface area contributed by atoms with E-state index < -0.39 is 0 Å². The van der Waals surface area contributed by atoms with Crippen LogP contribution in [-0.4, -0.2) is 30.6 Å². The molecule has 6 heteroatoms. The van der Waals surface area contributed by atoms with Crippen LogP contribution in [-0.2, 0) is 38.5 Å². The Balaban J connectivity index is 1.03. The molecule has 0 atom stereocenters. The molecule has 6 fully saturated rings. The standard InChI is InChI=1S/C78H96O6/c79-73-61-31-55(49-19-7-1-8-20-49)32-62(73)44-64-34-57(51-23-11-3-12-24-51)36-66(75(64)81)46-68-38-59(53-27-15-5-16-28-53)40-70(77(68)83)48-72-42-60(54-29-17-6-18-30-54)41-71(78(72)84)47-69-39-58(52-25-13-4-14-26-52)37-67(76(69)82)45-65-35-56(33-63(43-61)74(65)80)50-21-9-2-10-22-50/h31-42,49-54,79-84H,1-30,43-48H2. The van der Waals surface area contributed by atoms with Crippen LogP contribution in [0, 0.1) is 0 Å². The highest BCUT2D eigenvalue weighted by atomic mass is 16.3. The molecular weight excluding hydrogens is 1030 g/mol. The van der Waals surface area contributed by atoms with Crippen molar-refractivity contribution < 1.29 is 30.6 Å². The van der Waals surface area contributed by atoms with Crippen LogP contribution >= 0.6 is 0 Å². The maximum atomic E-state index is 12.9. The Morgan fingerprint density at radius 2 is 0.274 bits per heavy atom. The summed E-state index contributed by atoms with van der Waals surface area (Å²) in [5.74, 6) is 3.60. The first kappa shape index (κ1) is 57.2. The van der Waals surface area contributed by atoms with Gasteiger partial charge in [0.15, 0.2) is 0 Å². The van der Waals surface area contributed by atoms with Gasteiger partial charge in [-0.15, -0.1) is 0 Å². The number of benzene rings is 6. The van der Waals surface area contributed by atoms with E-state index in [0.29, 0.717) is 74.0 Å². The summed E-state index contributed by atoms with van der Waals surface area (Å²) in [6.07, 6.45) is 37.0. The summed E-state index contributed by atoms with van der Waals surface area (Å²) in [4.78, 5) is 0. The Labute approximate surface area is 502 Å². The fourth-order valence-corrected chi connectivity index (χ4v) is 17.6. The van der Waals surface area contributed by atoms with Gasteiger partial charge >= 0.3 is 0 Å². The molecule has 0 unspecified atom stereocenters. The van der Waals surface area contributed by atoms with Gasteiger partial charge in [0.25, 0.3) is 0 Å². The zero-order valence-electron chi connectivity index (χ0n) is 50.5. The van der Waals surface area contributed by atoms with E-state index >= 15 is 0 Å². The molecule has 0 amide bonds. The maximum Gasteiger partial charge on any atom is 0.122 e. The highest BCUT2D eigenvalue weighted by Gasteiger charge is 2.30. The number of rotatable bonds is 6. The molecule has 84 heavy (non-hydrogen) atoms. The van der Waals surface area contributed by atoms with E-state index in [0.717, 1.165) is 144 Å². The van der Waals surface area contributed by atoms with E-state index in [4.69, 9.17) is 0 Å². The Bertz CT molecular complexity index is 2600. The van der Waals surface area contributed by atoms with E-state index in [1.54, 1.807) is 0 Å². The molecule has 0 saturated heterocycles. The van der Waals surface area contributed by atoms with Gasteiger partial charge < -0.3 is 30.6 Å². The maximum absolute atomic E-state index is 12.9. The van der Waals surface area contributed by atoms with Crippen molar-refractivity contribution in [2.45, 2.75) is 267 Å². The molecule has 12 bridgehead atoms. The topological polar surface area (TPSA) is 121 Å². The minimum Gasteiger partial charge on any atom is -0.507 e. The van der Waals surface area contributed by atoms with Crippen LogP contribution in [0.4, 0.5) is 0 Å². The first-order chi connectivity index (χ1) is 41.1. The molecule has 0 aromatic heterocycles. The molecule has 6 nitrogen and oxygen atoms in total. The van der Waals surface area contributed by atoms with Crippen molar-refractivity contribution in [3.8, 4) is 34.5 Å². The van der Waals surface area contributed by atoms with Crippen LogP contribution in [0.25, 0.3) is 0 Å². The summed E-state index contributed by atoms with van der Waals surface area (Å²) >= 11 is 0. The van der Waals surface area contributed by atoms with Crippen molar-refractivity contribution in [1.29, 1.82) is 0 Å². The van der Waals surface area contributed by atoms with Crippen molar-refractivity contribution in [3.05, 3.63) is 173 Å². The normalized spacial score (nSPS) is 20.6. The van der Waals surface area contributed by atoms with Gasteiger partial charge in [-0.25, -0.2) is 0 Å². The van der Waals surface area contributed by atoms with Crippen LogP contribution in [0.1, 0.15) is 328 Å². The average Bonchev–Trinajstić information content (AvgIpc) is 2.92. The van der Waals surface area contributed by atoms with Gasteiger partial charge in [-0.2, -0.15) is 0 Å². The highest BCUT2D eigenvalue weighted by molar-refractivity contribution is 5.60. The first-order valence-electron chi connectivity index (χ1n) is 34.1. The molecule has 6 aromatic rings. The second-order valence-electron chi connectivity index (χ2n) is 28.2. The number of aromatic hydroxyl groups is 6. The number of hydrogen-bond acceptors (Lipinski definition) is 6. The second kappa shape index (κ2) is 25.6. The van der Waals surface area contributed by atoms with Gasteiger partial charge in [0, 0.05) is 38.5 Å². The molecule has 7 aliphatic carbocycles. The van der Waals surface area contributed by atoms with Crippen molar-refractivity contribution in [2.24, 2.45) is 0 Å². The molecule has 13 rings (SSSR count). The van der Waals surface area contributed by atoms with Gasteiger partial charge in [-0.1, -0.05) is 188 Å². The van der Waals surface area contributed by atoms with Crippen LogP contribution in [0.15, 0.2) is 72.8 Å². The van der Waals surface area contributed by atoms with E-state index in [2.05, 4.69) is 72.8 Å². The minimum atomic E-state index is 0.236. The lowest BCUT2D eigenvalue weighted by Gasteiger charge is -2.27. The number of phenols is 6. The average molecular weight is 1130 g/mol. The number of hydrogen-bond donors (Lipinski definition) is 6. The van der Waals surface area contributed by atoms with Gasteiger partial charge in [-0.05, 0) is 213 Å². The van der Waals surface area contributed by atoms with Gasteiger partial charge in [0.05, 0.1) is 0 Å². The molecule has 6 N–H and O–H groups in total. The minimum absolute atomic E-state index is 0.236. The zero-order chi connectivity index (χ0) is 57.3. The van der Waals surface area contributed by atoms with Crippen LogP contribution in [0.2, 0.25) is 0 Å². The van der Waals surface area contributed by atoms with Crippen molar-refractivity contribution in [3.63, 3.8) is 0 Å². The van der Waals surface area contributed by atoms with Crippen LogP contribution < -0.4 is 0 Å². The fraction of sp³-hybridized carbons (Fsp3) is 0.538. The number of fused-ring (bicyclic) bond motifs is 12. The molecule has 0 radical (unpaired) electrons. The molecule has 0 spiro atoms. The molecule has 6 aromatic carbocycles. The van der Waals surface area contributed by atoms with Crippen molar-refractivity contribution in [1.82, 2.24) is 0 Å². The lowest BCUT2D eigenvalue weighted by atomic mass is 9.79. The Hall–Kier alpha value is -5.88. The summed E-state index contributed by atoms with van der Waals surface area (Å²) in [6, 6.07) is 26.9. The quantitative estimate of drug-likeness (QED) is 0.0987. The smallest absolute Gasteiger partial charge is 0.122 e.